The molecule has 0 unspecified atom stereocenters. The summed E-state index contributed by atoms with van der Waals surface area (Å²) in [6.45, 7) is 0. The van der Waals surface area contributed by atoms with Gasteiger partial charge in [0.1, 0.15) is 11.0 Å². The number of hydrogen-bond donors (Lipinski definition) is 1. The van der Waals surface area contributed by atoms with Crippen LogP contribution >= 0.6 is 39.1 Å². The molecule has 1 aromatic carbocycles. The van der Waals surface area contributed by atoms with Gasteiger partial charge in [-0.25, -0.2) is 4.98 Å². The summed E-state index contributed by atoms with van der Waals surface area (Å²) in [4.78, 5) is 4.13. The summed E-state index contributed by atoms with van der Waals surface area (Å²) < 4.78 is 0.804. The van der Waals surface area contributed by atoms with Crippen LogP contribution in [0.2, 0.25) is 10.2 Å². The van der Waals surface area contributed by atoms with Gasteiger partial charge in [-0.2, -0.15) is 0 Å². The summed E-state index contributed by atoms with van der Waals surface area (Å²) in [7, 11) is 0. The molecule has 2 aromatic rings. The molecule has 0 spiro atoms. The number of hydrogen-bond acceptors (Lipinski definition) is 2. The Morgan fingerprint density at radius 1 is 1.06 bits per heavy atom. The van der Waals surface area contributed by atoms with E-state index in [0.29, 0.717) is 16.0 Å². The predicted molar refractivity (Wildman–Crippen MR) is 71.7 cm³/mol. The zero-order valence-electron chi connectivity index (χ0n) is 8.05. The Morgan fingerprint density at radius 3 is 2.56 bits per heavy atom. The summed E-state index contributed by atoms with van der Waals surface area (Å²) in [5.41, 5.74) is 0.849. The Balaban J connectivity index is 2.31. The largest absolute Gasteiger partial charge is 0.339 e. The Morgan fingerprint density at radius 2 is 1.81 bits per heavy atom. The number of anilines is 2. The van der Waals surface area contributed by atoms with Gasteiger partial charge in [0.15, 0.2) is 0 Å². The topological polar surface area (TPSA) is 24.9 Å². The first-order valence-electron chi connectivity index (χ1n) is 4.50. The van der Waals surface area contributed by atoms with Gasteiger partial charge in [-0.1, -0.05) is 35.3 Å². The molecular weight excluding hydrogens is 311 g/mol. The third kappa shape index (κ3) is 2.67. The van der Waals surface area contributed by atoms with E-state index in [4.69, 9.17) is 23.2 Å². The van der Waals surface area contributed by atoms with Crippen molar-refractivity contribution >= 4 is 50.6 Å². The van der Waals surface area contributed by atoms with Crippen LogP contribution < -0.4 is 5.32 Å². The average Bonchev–Trinajstić information content (AvgIpc) is 2.25. The van der Waals surface area contributed by atoms with E-state index in [1.54, 1.807) is 6.07 Å². The van der Waals surface area contributed by atoms with Gasteiger partial charge in [-0.3, -0.25) is 0 Å². The van der Waals surface area contributed by atoms with E-state index in [-0.39, 0.29) is 0 Å². The molecule has 1 N–H and O–H groups in total. The van der Waals surface area contributed by atoms with Crippen LogP contribution in [0.15, 0.2) is 40.9 Å². The number of nitrogens with zero attached hydrogens (tertiary/aromatic N) is 1. The molecule has 16 heavy (non-hydrogen) atoms. The summed E-state index contributed by atoms with van der Waals surface area (Å²) in [6, 6.07) is 11.0. The Labute approximate surface area is 112 Å². The minimum Gasteiger partial charge on any atom is -0.339 e. The van der Waals surface area contributed by atoms with E-state index in [2.05, 4.69) is 26.2 Å². The van der Waals surface area contributed by atoms with E-state index < -0.39 is 0 Å². The fourth-order valence-electron chi connectivity index (χ4n) is 1.22. The lowest BCUT2D eigenvalue weighted by molar-refractivity contribution is 1.30. The minimum atomic E-state index is 0.447. The second kappa shape index (κ2) is 5.04. The van der Waals surface area contributed by atoms with Crippen LogP contribution in [0.4, 0.5) is 11.5 Å². The fraction of sp³-hybridized carbons (Fsp3) is 0. The first kappa shape index (κ1) is 11.7. The fourth-order valence-corrected chi connectivity index (χ4v) is 1.92. The molecule has 0 aliphatic rings. The number of pyridine rings is 1. The lowest BCUT2D eigenvalue weighted by atomic mass is 10.3. The zero-order chi connectivity index (χ0) is 11.5. The molecule has 0 aliphatic heterocycles. The SMILES string of the molecule is Clc1cccc(Nc2cccc(Cl)c2Br)n1. The van der Waals surface area contributed by atoms with E-state index >= 15 is 0 Å². The second-order valence-corrected chi connectivity index (χ2v) is 4.66. The molecule has 1 aromatic heterocycles. The molecule has 1 heterocycles. The Bertz CT molecular complexity index is 517. The highest BCUT2D eigenvalue weighted by Crippen LogP contribution is 2.31. The van der Waals surface area contributed by atoms with Gasteiger partial charge in [0.05, 0.1) is 15.2 Å². The number of benzene rings is 1. The smallest absolute Gasteiger partial charge is 0.132 e. The normalized spacial score (nSPS) is 10.2. The van der Waals surface area contributed by atoms with Crippen LogP contribution in [-0.2, 0) is 0 Å². The van der Waals surface area contributed by atoms with Crippen LogP contribution in [0.25, 0.3) is 0 Å². The average molecular weight is 318 g/mol. The summed E-state index contributed by atoms with van der Waals surface area (Å²) >= 11 is 15.2. The van der Waals surface area contributed by atoms with E-state index in [1.165, 1.54) is 0 Å². The summed E-state index contributed by atoms with van der Waals surface area (Å²) in [6.07, 6.45) is 0. The molecule has 0 amide bonds. The molecule has 0 bridgehead atoms. The van der Waals surface area contributed by atoms with Crippen LogP contribution in [0.5, 0.6) is 0 Å². The van der Waals surface area contributed by atoms with Crippen LogP contribution in [0.3, 0.4) is 0 Å². The summed E-state index contributed by atoms with van der Waals surface area (Å²) in [5.74, 6) is 0.676. The predicted octanol–water partition coefficient (Wildman–Crippen LogP) is 4.89. The molecule has 2 rings (SSSR count). The second-order valence-electron chi connectivity index (χ2n) is 3.07. The van der Waals surface area contributed by atoms with Crippen molar-refractivity contribution < 1.29 is 0 Å². The first-order valence-corrected chi connectivity index (χ1v) is 6.05. The van der Waals surface area contributed by atoms with Crippen molar-refractivity contribution in [3.8, 4) is 0 Å². The van der Waals surface area contributed by atoms with Crippen molar-refractivity contribution in [2.75, 3.05) is 5.32 Å². The van der Waals surface area contributed by atoms with E-state index in [9.17, 15) is 0 Å². The molecule has 0 aliphatic carbocycles. The highest BCUT2D eigenvalue weighted by molar-refractivity contribution is 9.10. The molecule has 82 valence electrons. The molecule has 2 nitrogen and oxygen atoms in total. The van der Waals surface area contributed by atoms with Crippen LogP contribution in [-0.4, -0.2) is 4.98 Å². The maximum Gasteiger partial charge on any atom is 0.132 e. The van der Waals surface area contributed by atoms with Crippen LogP contribution in [0, 0.1) is 0 Å². The van der Waals surface area contributed by atoms with Crippen molar-refractivity contribution in [2.24, 2.45) is 0 Å². The molecule has 5 heteroatoms. The third-order valence-electron chi connectivity index (χ3n) is 1.93. The van der Waals surface area contributed by atoms with E-state index in [1.807, 2.05) is 30.3 Å². The number of aromatic nitrogens is 1. The Hall–Kier alpha value is -0.770. The zero-order valence-corrected chi connectivity index (χ0v) is 11.1. The first-order chi connectivity index (χ1) is 7.66. The maximum absolute atomic E-state index is 5.98. The molecule has 0 saturated heterocycles. The van der Waals surface area contributed by atoms with Gasteiger partial charge in [-0.05, 0) is 40.2 Å². The minimum absolute atomic E-state index is 0.447. The number of halogens is 3. The number of nitrogens with one attached hydrogen (secondary N) is 1. The van der Waals surface area contributed by atoms with Gasteiger partial charge in [0.25, 0.3) is 0 Å². The molecule has 0 saturated carbocycles. The van der Waals surface area contributed by atoms with Gasteiger partial charge < -0.3 is 5.32 Å². The lowest BCUT2D eigenvalue weighted by Gasteiger charge is -2.08. The molecule has 0 fully saturated rings. The van der Waals surface area contributed by atoms with Crippen molar-refractivity contribution in [1.29, 1.82) is 0 Å². The lowest BCUT2D eigenvalue weighted by Crippen LogP contribution is -1.94. The van der Waals surface area contributed by atoms with Crippen molar-refractivity contribution in [3.63, 3.8) is 0 Å². The summed E-state index contributed by atoms with van der Waals surface area (Å²) in [5, 5.41) is 4.22. The van der Waals surface area contributed by atoms with E-state index in [0.717, 1.165) is 10.2 Å². The highest BCUT2D eigenvalue weighted by Gasteiger charge is 2.04. The highest BCUT2D eigenvalue weighted by atomic mass is 79.9. The van der Waals surface area contributed by atoms with Crippen molar-refractivity contribution in [2.45, 2.75) is 0 Å². The molecule has 0 atom stereocenters. The van der Waals surface area contributed by atoms with Crippen molar-refractivity contribution in [1.82, 2.24) is 4.98 Å². The third-order valence-corrected chi connectivity index (χ3v) is 3.54. The van der Waals surface area contributed by atoms with Gasteiger partial charge in [-0.15, -0.1) is 0 Å². The van der Waals surface area contributed by atoms with Gasteiger partial charge >= 0.3 is 0 Å². The molecule has 0 radical (unpaired) electrons. The Kier molecular flexibility index (Phi) is 3.69. The quantitative estimate of drug-likeness (QED) is 0.797. The van der Waals surface area contributed by atoms with Crippen molar-refractivity contribution in [3.05, 3.63) is 51.0 Å². The molecular formula is C11H7BrCl2N2. The van der Waals surface area contributed by atoms with Gasteiger partial charge in [0.2, 0.25) is 0 Å². The standard InChI is InChI=1S/C11H7BrCl2N2/c12-11-7(13)3-1-4-8(11)15-10-6-2-5-9(14)16-10/h1-6H,(H,15,16). The van der Waals surface area contributed by atoms with Gasteiger partial charge in [0, 0.05) is 0 Å². The number of rotatable bonds is 2. The monoisotopic (exact) mass is 316 g/mol. The van der Waals surface area contributed by atoms with Crippen LogP contribution in [0.1, 0.15) is 0 Å². The maximum atomic E-state index is 5.98.